The van der Waals surface area contributed by atoms with Crippen LogP contribution in [0.5, 0.6) is 0 Å². The average Bonchev–Trinajstić information content (AvgIpc) is 2.94. The molecule has 1 N–H and O–H groups in total. The number of nitrogens with one attached hydrogen (secondary N) is 1. The Bertz CT molecular complexity index is 627. The number of aromatic nitrogens is 4. The molecule has 0 aromatic carbocycles. The second-order valence-corrected chi connectivity index (χ2v) is 4.08. The Hall–Kier alpha value is -1.95. The van der Waals surface area contributed by atoms with Gasteiger partial charge in [-0.2, -0.15) is 0 Å². The van der Waals surface area contributed by atoms with Crippen LogP contribution in [0.15, 0.2) is 30.0 Å². The zero-order valence-electron chi connectivity index (χ0n) is 8.58. The van der Waals surface area contributed by atoms with Crippen molar-refractivity contribution in [1.29, 1.82) is 0 Å². The molecule has 0 atom stereocenters. The maximum atomic E-state index is 4.44. The first-order chi connectivity index (χ1) is 7.88. The molecule has 0 amide bonds. The molecule has 5 nitrogen and oxygen atoms in total. The van der Waals surface area contributed by atoms with Crippen molar-refractivity contribution in [2.45, 2.75) is 0 Å². The number of anilines is 1. The minimum absolute atomic E-state index is 0.691. The smallest absolute Gasteiger partial charge is 0.234 e. The van der Waals surface area contributed by atoms with Crippen LogP contribution in [-0.2, 0) is 0 Å². The van der Waals surface area contributed by atoms with Crippen LogP contribution in [0.2, 0.25) is 0 Å². The quantitative estimate of drug-likeness (QED) is 0.731. The average molecular weight is 231 g/mol. The lowest BCUT2D eigenvalue weighted by molar-refractivity contribution is 1.11. The van der Waals surface area contributed by atoms with E-state index in [1.165, 1.54) is 0 Å². The SMILES string of the molecule is CNc1nc(-c2cnc3ncccn23)cs1. The summed E-state index contributed by atoms with van der Waals surface area (Å²) in [7, 11) is 1.86. The Labute approximate surface area is 95.8 Å². The molecule has 3 heterocycles. The number of fused-ring (bicyclic) bond motifs is 1. The predicted molar refractivity (Wildman–Crippen MR) is 63.6 cm³/mol. The van der Waals surface area contributed by atoms with E-state index >= 15 is 0 Å². The Morgan fingerprint density at radius 2 is 2.31 bits per heavy atom. The molecular weight excluding hydrogens is 222 g/mol. The van der Waals surface area contributed by atoms with Crippen molar-refractivity contribution >= 4 is 22.2 Å². The van der Waals surface area contributed by atoms with E-state index < -0.39 is 0 Å². The van der Waals surface area contributed by atoms with Gasteiger partial charge in [-0.3, -0.25) is 4.40 Å². The van der Waals surface area contributed by atoms with Gasteiger partial charge in [-0.25, -0.2) is 15.0 Å². The summed E-state index contributed by atoms with van der Waals surface area (Å²) in [5.74, 6) is 0.691. The maximum absolute atomic E-state index is 4.44. The summed E-state index contributed by atoms with van der Waals surface area (Å²) < 4.78 is 1.93. The highest BCUT2D eigenvalue weighted by molar-refractivity contribution is 7.14. The molecule has 0 bridgehead atoms. The second kappa shape index (κ2) is 3.57. The normalized spacial score (nSPS) is 10.8. The van der Waals surface area contributed by atoms with Gasteiger partial charge < -0.3 is 5.32 Å². The molecule has 0 aliphatic heterocycles. The number of hydrogen-bond donors (Lipinski definition) is 1. The van der Waals surface area contributed by atoms with Crippen LogP contribution >= 0.6 is 11.3 Å². The van der Waals surface area contributed by atoms with Gasteiger partial charge >= 0.3 is 0 Å². The monoisotopic (exact) mass is 231 g/mol. The first kappa shape index (κ1) is 9.29. The van der Waals surface area contributed by atoms with E-state index in [0.29, 0.717) is 5.78 Å². The van der Waals surface area contributed by atoms with Crippen LogP contribution in [0.1, 0.15) is 0 Å². The van der Waals surface area contributed by atoms with Crippen LogP contribution in [0.4, 0.5) is 5.13 Å². The molecule has 3 aromatic rings. The van der Waals surface area contributed by atoms with Gasteiger partial charge in [0, 0.05) is 24.8 Å². The topological polar surface area (TPSA) is 55.1 Å². The number of imidazole rings is 1. The Balaban J connectivity index is 2.18. The summed E-state index contributed by atoms with van der Waals surface area (Å²) >= 11 is 1.57. The lowest BCUT2D eigenvalue weighted by Gasteiger charge is -1.96. The molecule has 0 unspecified atom stereocenters. The Kier molecular flexibility index (Phi) is 2.07. The zero-order valence-corrected chi connectivity index (χ0v) is 9.40. The van der Waals surface area contributed by atoms with Gasteiger partial charge in [-0.05, 0) is 6.07 Å². The Morgan fingerprint density at radius 1 is 1.38 bits per heavy atom. The number of rotatable bonds is 2. The van der Waals surface area contributed by atoms with E-state index in [1.807, 2.05) is 29.1 Å². The highest BCUT2D eigenvalue weighted by atomic mass is 32.1. The molecule has 16 heavy (non-hydrogen) atoms. The molecule has 6 heteroatoms. The molecule has 0 aliphatic rings. The van der Waals surface area contributed by atoms with Crippen molar-refractivity contribution in [1.82, 2.24) is 19.4 Å². The van der Waals surface area contributed by atoms with Gasteiger partial charge in [0.2, 0.25) is 5.78 Å². The zero-order chi connectivity index (χ0) is 11.0. The fraction of sp³-hybridized carbons (Fsp3) is 0.100. The molecule has 0 spiro atoms. The van der Waals surface area contributed by atoms with E-state index in [4.69, 9.17) is 0 Å². The summed E-state index contributed by atoms with van der Waals surface area (Å²) in [6.07, 6.45) is 5.45. The summed E-state index contributed by atoms with van der Waals surface area (Å²) in [4.78, 5) is 12.8. The summed E-state index contributed by atoms with van der Waals surface area (Å²) in [5.41, 5.74) is 1.87. The lowest BCUT2D eigenvalue weighted by Crippen LogP contribution is -1.90. The van der Waals surface area contributed by atoms with E-state index in [9.17, 15) is 0 Å². The van der Waals surface area contributed by atoms with Gasteiger partial charge in [-0.1, -0.05) is 0 Å². The van der Waals surface area contributed by atoms with E-state index in [-0.39, 0.29) is 0 Å². The molecule has 0 radical (unpaired) electrons. The number of hydrogen-bond acceptors (Lipinski definition) is 5. The van der Waals surface area contributed by atoms with Crippen molar-refractivity contribution < 1.29 is 0 Å². The second-order valence-electron chi connectivity index (χ2n) is 3.22. The minimum Gasteiger partial charge on any atom is -0.365 e. The van der Waals surface area contributed by atoms with Gasteiger partial charge in [-0.15, -0.1) is 11.3 Å². The van der Waals surface area contributed by atoms with Crippen LogP contribution < -0.4 is 5.32 Å². The summed E-state index contributed by atoms with van der Waals surface area (Å²) in [6.45, 7) is 0. The van der Waals surface area contributed by atoms with Crippen LogP contribution in [0, 0.1) is 0 Å². The van der Waals surface area contributed by atoms with Gasteiger partial charge in [0.15, 0.2) is 5.13 Å². The van der Waals surface area contributed by atoms with Crippen molar-refractivity contribution in [3.63, 3.8) is 0 Å². The number of thiazole rings is 1. The summed E-state index contributed by atoms with van der Waals surface area (Å²) in [5, 5.41) is 5.92. The summed E-state index contributed by atoms with van der Waals surface area (Å²) in [6, 6.07) is 1.88. The molecule has 80 valence electrons. The van der Waals surface area contributed by atoms with Crippen molar-refractivity contribution in [3.05, 3.63) is 30.0 Å². The third-order valence-electron chi connectivity index (χ3n) is 2.27. The molecule has 3 rings (SSSR count). The number of nitrogens with zero attached hydrogens (tertiary/aromatic N) is 4. The van der Waals surface area contributed by atoms with Crippen LogP contribution in [0.3, 0.4) is 0 Å². The fourth-order valence-electron chi connectivity index (χ4n) is 1.52. The molecule has 0 saturated carbocycles. The third-order valence-corrected chi connectivity index (χ3v) is 3.13. The van der Waals surface area contributed by atoms with Gasteiger partial charge in [0.1, 0.15) is 5.69 Å². The lowest BCUT2D eigenvalue weighted by atomic mass is 10.4. The highest BCUT2D eigenvalue weighted by Gasteiger charge is 2.09. The predicted octanol–water partition coefficient (Wildman–Crippen LogP) is 1.89. The standard InChI is InChI=1S/C10H9N5S/c1-11-10-14-7(6-16-10)8-5-13-9-12-3-2-4-15(8)9/h2-6H,1H3,(H,11,14). The van der Waals surface area contributed by atoms with E-state index in [2.05, 4.69) is 20.3 Å². The first-order valence-electron chi connectivity index (χ1n) is 4.80. The molecular formula is C10H9N5S. The fourth-order valence-corrected chi connectivity index (χ4v) is 2.19. The van der Waals surface area contributed by atoms with Crippen molar-refractivity contribution in [3.8, 4) is 11.4 Å². The molecule has 3 aromatic heterocycles. The highest BCUT2D eigenvalue weighted by Crippen LogP contribution is 2.24. The van der Waals surface area contributed by atoms with E-state index in [1.54, 1.807) is 23.7 Å². The van der Waals surface area contributed by atoms with Crippen LogP contribution in [-0.4, -0.2) is 26.4 Å². The van der Waals surface area contributed by atoms with Gasteiger partial charge in [0.25, 0.3) is 0 Å². The largest absolute Gasteiger partial charge is 0.365 e. The van der Waals surface area contributed by atoms with Crippen molar-refractivity contribution in [2.24, 2.45) is 0 Å². The maximum Gasteiger partial charge on any atom is 0.234 e. The van der Waals surface area contributed by atoms with Crippen molar-refractivity contribution in [2.75, 3.05) is 12.4 Å². The Morgan fingerprint density at radius 3 is 3.12 bits per heavy atom. The third kappa shape index (κ3) is 1.35. The van der Waals surface area contributed by atoms with E-state index in [0.717, 1.165) is 16.5 Å². The first-order valence-corrected chi connectivity index (χ1v) is 5.68. The molecule has 0 aliphatic carbocycles. The minimum atomic E-state index is 0.691. The van der Waals surface area contributed by atoms with Gasteiger partial charge in [0.05, 0.1) is 11.9 Å². The molecule has 0 fully saturated rings. The van der Waals surface area contributed by atoms with Crippen LogP contribution in [0.25, 0.3) is 17.2 Å². The molecule has 0 saturated heterocycles.